The van der Waals surface area contributed by atoms with E-state index in [1.807, 2.05) is 66.7 Å². The highest BCUT2D eigenvalue weighted by atomic mass is 16.5. The van der Waals surface area contributed by atoms with E-state index < -0.39 is 0 Å². The van der Waals surface area contributed by atoms with Crippen molar-refractivity contribution in [3.63, 3.8) is 0 Å². The van der Waals surface area contributed by atoms with Gasteiger partial charge in [0, 0.05) is 13.0 Å². The maximum atomic E-state index is 12.5. The fraction of sp³-hybridized carbons (Fsp3) is 0.129. The van der Waals surface area contributed by atoms with Crippen LogP contribution in [-0.2, 0) is 17.8 Å². The summed E-state index contributed by atoms with van der Waals surface area (Å²) in [4.78, 5) is 12.5. The monoisotopic (exact) mass is 463 g/mol. The molecule has 0 saturated carbocycles. The molecule has 0 bridgehead atoms. The number of aryl methyl sites for hydroxylation is 1. The number of benzene rings is 4. The number of rotatable bonds is 9. The van der Waals surface area contributed by atoms with E-state index in [1.54, 1.807) is 19.2 Å². The Bertz CT molecular complexity index is 1290. The number of hydrogen-bond acceptors (Lipinski definition) is 3. The summed E-state index contributed by atoms with van der Waals surface area (Å²) in [5.74, 6) is 1.09. The lowest BCUT2D eigenvalue weighted by Crippen LogP contribution is -2.23. The maximum Gasteiger partial charge on any atom is 0.220 e. The molecule has 0 aromatic heterocycles. The molecule has 4 rings (SSSR count). The fourth-order valence-corrected chi connectivity index (χ4v) is 3.93. The Morgan fingerprint density at radius 1 is 0.829 bits per heavy atom. The van der Waals surface area contributed by atoms with Gasteiger partial charge in [-0.15, -0.1) is 0 Å². The van der Waals surface area contributed by atoms with Gasteiger partial charge in [0.15, 0.2) is 0 Å². The molecule has 0 radical (unpaired) electrons. The van der Waals surface area contributed by atoms with Crippen LogP contribution in [0.15, 0.2) is 97.1 Å². The Balaban J connectivity index is 1.44. The third-order valence-corrected chi connectivity index (χ3v) is 5.89. The summed E-state index contributed by atoms with van der Waals surface area (Å²) in [6.07, 6.45) is 5.22. The normalized spacial score (nSPS) is 10.9. The van der Waals surface area contributed by atoms with Gasteiger partial charge in [-0.3, -0.25) is 4.79 Å². The van der Waals surface area contributed by atoms with Crippen LogP contribution in [0.25, 0.3) is 23.3 Å². The minimum atomic E-state index is 0.0242. The second-order valence-electron chi connectivity index (χ2n) is 8.29. The number of ether oxygens (including phenoxy) is 1. The van der Waals surface area contributed by atoms with Crippen LogP contribution in [0.4, 0.5) is 0 Å². The lowest BCUT2D eigenvalue weighted by Gasteiger charge is -2.13. The SMILES string of the molecule is COc1ccc(CCC(=O)NCc2ccccc2-c2ccccc2C=Cc2ccc(O)cc2)cc1. The van der Waals surface area contributed by atoms with Crippen molar-refractivity contribution in [2.24, 2.45) is 0 Å². The largest absolute Gasteiger partial charge is 0.508 e. The minimum absolute atomic E-state index is 0.0242. The van der Waals surface area contributed by atoms with E-state index in [-0.39, 0.29) is 11.7 Å². The Kier molecular flexibility index (Phi) is 7.97. The van der Waals surface area contributed by atoms with Crippen LogP contribution in [0.1, 0.15) is 28.7 Å². The zero-order chi connectivity index (χ0) is 24.5. The molecule has 4 nitrogen and oxygen atoms in total. The predicted molar refractivity (Wildman–Crippen MR) is 142 cm³/mol. The standard InChI is InChI=1S/C31H29NO3/c1-35-28-19-13-24(14-20-28)15-21-31(34)32-22-26-7-3-5-9-30(26)29-8-4-2-6-25(29)16-10-23-11-17-27(33)18-12-23/h2-14,16-20,33H,15,21-22H2,1H3,(H,32,34). The highest BCUT2D eigenvalue weighted by molar-refractivity contribution is 5.82. The Hall–Kier alpha value is -4.31. The number of hydrogen-bond donors (Lipinski definition) is 2. The molecule has 4 heteroatoms. The quantitative estimate of drug-likeness (QED) is 0.279. The molecular weight excluding hydrogens is 434 g/mol. The van der Waals surface area contributed by atoms with Crippen LogP contribution in [-0.4, -0.2) is 18.1 Å². The number of nitrogens with one attached hydrogen (secondary N) is 1. The first-order valence-electron chi connectivity index (χ1n) is 11.7. The number of phenolic OH excluding ortho intramolecular Hbond substituents is 1. The lowest BCUT2D eigenvalue weighted by atomic mass is 9.94. The van der Waals surface area contributed by atoms with Crippen LogP contribution in [0.2, 0.25) is 0 Å². The smallest absolute Gasteiger partial charge is 0.220 e. The number of carbonyl (C=O) groups excluding carboxylic acids is 1. The van der Waals surface area contributed by atoms with Crippen molar-refractivity contribution in [3.05, 3.63) is 119 Å². The second-order valence-corrected chi connectivity index (χ2v) is 8.29. The van der Waals surface area contributed by atoms with E-state index in [9.17, 15) is 9.90 Å². The molecule has 0 heterocycles. The molecule has 1 amide bonds. The van der Waals surface area contributed by atoms with Crippen molar-refractivity contribution in [1.82, 2.24) is 5.32 Å². The van der Waals surface area contributed by atoms with Gasteiger partial charge in [0.2, 0.25) is 5.91 Å². The molecule has 0 spiro atoms. The summed E-state index contributed by atoms with van der Waals surface area (Å²) in [6.45, 7) is 0.466. The first-order valence-corrected chi connectivity index (χ1v) is 11.7. The third kappa shape index (κ3) is 6.61. The molecule has 0 unspecified atom stereocenters. The summed E-state index contributed by atoms with van der Waals surface area (Å²) in [5.41, 5.74) is 6.46. The van der Waals surface area contributed by atoms with E-state index in [0.717, 1.165) is 39.1 Å². The molecule has 0 aliphatic rings. The minimum Gasteiger partial charge on any atom is -0.508 e. The second kappa shape index (κ2) is 11.7. The first-order chi connectivity index (χ1) is 17.1. The highest BCUT2D eigenvalue weighted by Gasteiger charge is 2.09. The van der Waals surface area contributed by atoms with Crippen LogP contribution < -0.4 is 10.1 Å². The Morgan fingerprint density at radius 3 is 2.26 bits per heavy atom. The zero-order valence-electron chi connectivity index (χ0n) is 19.8. The van der Waals surface area contributed by atoms with E-state index in [1.165, 1.54) is 0 Å². The van der Waals surface area contributed by atoms with Crippen LogP contribution in [0.5, 0.6) is 11.5 Å². The molecular formula is C31H29NO3. The van der Waals surface area contributed by atoms with Gasteiger partial charge < -0.3 is 15.2 Å². The van der Waals surface area contributed by atoms with Gasteiger partial charge in [0.25, 0.3) is 0 Å². The van der Waals surface area contributed by atoms with Gasteiger partial charge in [-0.05, 0) is 64.1 Å². The average molecular weight is 464 g/mol. The lowest BCUT2D eigenvalue weighted by molar-refractivity contribution is -0.121. The summed E-state index contributed by atoms with van der Waals surface area (Å²) < 4.78 is 5.19. The van der Waals surface area contributed by atoms with E-state index >= 15 is 0 Å². The Labute approximate surface area is 206 Å². The summed E-state index contributed by atoms with van der Waals surface area (Å²) in [7, 11) is 1.64. The number of amides is 1. The number of carbonyl (C=O) groups is 1. The fourth-order valence-electron chi connectivity index (χ4n) is 3.93. The zero-order valence-corrected chi connectivity index (χ0v) is 19.8. The van der Waals surface area contributed by atoms with Gasteiger partial charge in [0.05, 0.1) is 7.11 Å². The molecule has 0 aliphatic heterocycles. The van der Waals surface area contributed by atoms with Crippen LogP contribution >= 0.6 is 0 Å². The van der Waals surface area contributed by atoms with Crippen LogP contribution in [0.3, 0.4) is 0 Å². The van der Waals surface area contributed by atoms with Crippen molar-refractivity contribution in [2.45, 2.75) is 19.4 Å². The molecule has 0 fully saturated rings. The van der Waals surface area contributed by atoms with E-state index in [4.69, 9.17) is 4.74 Å². The molecule has 2 N–H and O–H groups in total. The molecule has 0 atom stereocenters. The predicted octanol–water partition coefficient (Wildman–Crippen LogP) is 6.49. The van der Waals surface area contributed by atoms with Gasteiger partial charge >= 0.3 is 0 Å². The van der Waals surface area contributed by atoms with Gasteiger partial charge in [-0.1, -0.05) is 84.9 Å². The molecule has 4 aromatic carbocycles. The summed E-state index contributed by atoms with van der Waals surface area (Å²) >= 11 is 0. The number of aromatic hydroxyl groups is 1. The Morgan fingerprint density at radius 2 is 1.51 bits per heavy atom. The number of methoxy groups -OCH3 is 1. The molecule has 4 aromatic rings. The first kappa shape index (κ1) is 23.8. The molecule has 0 saturated heterocycles. The van der Waals surface area contributed by atoms with Crippen molar-refractivity contribution < 1.29 is 14.6 Å². The van der Waals surface area contributed by atoms with Crippen molar-refractivity contribution in [2.75, 3.05) is 7.11 Å². The maximum absolute atomic E-state index is 12.5. The summed E-state index contributed by atoms with van der Waals surface area (Å²) in [5, 5.41) is 12.6. The third-order valence-electron chi connectivity index (χ3n) is 5.89. The van der Waals surface area contributed by atoms with Gasteiger partial charge in [-0.2, -0.15) is 0 Å². The van der Waals surface area contributed by atoms with Crippen molar-refractivity contribution in [1.29, 1.82) is 0 Å². The highest BCUT2D eigenvalue weighted by Crippen LogP contribution is 2.29. The molecule has 176 valence electrons. The van der Waals surface area contributed by atoms with E-state index in [0.29, 0.717) is 19.4 Å². The van der Waals surface area contributed by atoms with Crippen molar-refractivity contribution in [3.8, 4) is 22.6 Å². The van der Waals surface area contributed by atoms with Gasteiger partial charge in [0.1, 0.15) is 11.5 Å². The summed E-state index contributed by atoms with van der Waals surface area (Å²) in [6, 6.07) is 31.3. The van der Waals surface area contributed by atoms with Crippen molar-refractivity contribution >= 4 is 18.1 Å². The average Bonchev–Trinajstić information content (AvgIpc) is 2.91. The van der Waals surface area contributed by atoms with E-state index in [2.05, 4.69) is 35.7 Å². The molecule has 0 aliphatic carbocycles. The van der Waals surface area contributed by atoms with Crippen LogP contribution in [0, 0.1) is 0 Å². The topological polar surface area (TPSA) is 58.6 Å². The van der Waals surface area contributed by atoms with Gasteiger partial charge in [-0.25, -0.2) is 0 Å². The number of phenols is 1. The molecule has 35 heavy (non-hydrogen) atoms.